The van der Waals surface area contributed by atoms with Gasteiger partial charge in [-0.2, -0.15) is 4.31 Å². The van der Waals surface area contributed by atoms with E-state index in [0.29, 0.717) is 22.7 Å². The van der Waals surface area contributed by atoms with Gasteiger partial charge in [0, 0.05) is 28.0 Å². The number of halogens is 2. The van der Waals surface area contributed by atoms with E-state index in [1.807, 2.05) is 0 Å². The number of carboxylic acid groups (broad SMARTS) is 1. The summed E-state index contributed by atoms with van der Waals surface area (Å²) >= 11 is 9.40. The summed E-state index contributed by atoms with van der Waals surface area (Å²) in [4.78, 5) is 15.3. The summed E-state index contributed by atoms with van der Waals surface area (Å²) in [5.74, 6) is -1.13. The molecule has 1 aromatic heterocycles. The van der Waals surface area contributed by atoms with Gasteiger partial charge in [-0.3, -0.25) is 4.79 Å². The number of carbonyl (C=O) groups is 1. The van der Waals surface area contributed by atoms with Gasteiger partial charge >= 0.3 is 5.97 Å². The molecule has 6 nitrogen and oxygen atoms in total. The molecule has 3 rings (SSSR count). The summed E-state index contributed by atoms with van der Waals surface area (Å²) in [5.41, 5.74) is 0. The average molecular weight is 420 g/mol. The van der Waals surface area contributed by atoms with Crippen molar-refractivity contribution in [3.05, 3.63) is 34.0 Å². The molecule has 0 radical (unpaired) electrons. The third-order valence-corrected chi connectivity index (χ3v) is 6.69. The van der Waals surface area contributed by atoms with Gasteiger partial charge in [-0.05, 0) is 40.9 Å². The van der Waals surface area contributed by atoms with E-state index in [4.69, 9.17) is 11.6 Å². The van der Waals surface area contributed by atoms with Crippen molar-refractivity contribution in [1.29, 1.82) is 0 Å². The van der Waals surface area contributed by atoms with Crippen LogP contribution in [0, 0.1) is 0 Å². The van der Waals surface area contributed by atoms with Crippen LogP contribution in [0.1, 0.15) is 12.8 Å². The molecule has 1 aromatic carbocycles. The van der Waals surface area contributed by atoms with Crippen LogP contribution in [0.2, 0.25) is 5.15 Å². The van der Waals surface area contributed by atoms with Gasteiger partial charge in [0.1, 0.15) is 11.2 Å². The lowest BCUT2D eigenvalue weighted by Crippen LogP contribution is -2.40. The molecule has 1 aliphatic rings. The number of carboxylic acids is 1. The fourth-order valence-electron chi connectivity index (χ4n) is 2.73. The summed E-state index contributed by atoms with van der Waals surface area (Å²) < 4.78 is 27.3. The molecule has 1 saturated heterocycles. The van der Waals surface area contributed by atoms with Crippen LogP contribution in [-0.4, -0.2) is 41.4 Å². The number of aliphatic carboxylic acids is 1. The second-order valence-corrected chi connectivity index (χ2v) is 8.32. The SMILES string of the molecule is O=C(O)[C@H]1CCCN1S(=O)(=O)c1ccc2c(Br)cnc(Cl)c2c1. The number of benzene rings is 1. The second-order valence-electron chi connectivity index (χ2n) is 5.22. The largest absolute Gasteiger partial charge is 0.480 e. The average Bonchev–Trinajstić information content (AvgIpc) is 3.01. The molecular weight excluding hydrogens is 408 g/mol. The highest BCUT2D eigenvalue weighted by Crippen LogP contribution is 2.32. The maximum absolute atomic E-state index is 12.8. The molecule has 2 aromatic rings. The molecule has 1 fully saturated rings. The smallest absolute Gasteiger partial charge is 0.322 e. The molecule has 1 N–H and O–H groups in total. The lowest BCUT2D eigenvalue weighted by molar-refractivity contribution is -0.140. The van der Waals surface area contributed by atoms with E-state index in [1.165, 1.54) is 12.1 Å². The Labute approximate surface area is 146 Å². The standard InChI is InChI=1S/C14H12BrClN2O4S/c15-11-7-17-13(16)10-6-8(3-4-9(10)11)23(21,22)18-5-1-2-12(18)14(19)20/h3-4,6-7,12H,1-2,5H2,(H,19,20)/t12-/m1/s1. The molecule has 2 heterocycles. The molecule has 0 saturated carbocycles. The molecule has 0 spiro atoms. The van der Waals surface area contributed by atoms with Gasteiger partial charge in [0.25, 0.3) is 0 Å². The van der Waals surface area contributed by atoms with E-state index in [1.54, 1.807) is 12.3 Å². The van der Waals surface area contributed by atoms with Crippen LogP contribution in [0.3, 0.4) is 0 Å². The zero-order chi connectivity index (χ0) is 16.8. The quantitative estimate of drug-likeness (QED) is 0.773. The van der Waals surface area contributed by atoms with Gasteiger partial charge in [-0.15, -0.1) is 0 Å². The van der Waals surface area contributed by atoms with Gasteiger partial charge in [0.05, 0.1) is 4.90 Å². The van der Waals surface area contributed by atoms with Crippen LogP contribution in [0.15, 0.2) is 33.8 Å². The number of nitrogens with zero attached hydrogens (tertiary/aromatic N) is 2. The Morgan fingerprint density at radius 2 is 2.13 bits per heavy atom. The number of hydrogen-bond acceptors (Lipinski definition) is 4. The maximum Gasteiger partial charge on any atom is 0.322 e. The Hall–Kier alpha value is -1.22. The molecule has 0 aliphatic carbocycles. The van der Waals surface area contributed by atoms with Crippen molar-refractivity contribution in [2.45, 2.75) is 23.8 Å². The van der Waals surface area contributed by atoms with Gasteiger partial charge < -0.3 is 5.11 Å². The summed E-state index contributed by atoms with van der Waals surface area (Å²) in [5, 5.41) is 10.6. The molecule has 1 atom stereocenters. The van der Waals surface area contributed by atoms with Gasteiger partial charge in [0.15, 0.2) is 0 Å². The third kappa shape index (κ3) is 2.84. The highest BCUT2D eigenvalue weighted by molar-refractivity contribution is 9.10. The Morgan fingerprint density at radius 3 is 2.83 bits per heavy atom. The molecule has 0 bridgehead atoms. The summed E-state index contributed by atoms with van der Waals surface area (Å²) in [6.07, 6.45) is 2.38. The van der Waals surface area contributed by atoms with Crippen molar-refractivity contribution in [2.24, 2.45) is 0 Å². The lowest BCUT2D eigenvalue weighted by Gasteiger charge is -2.21. The normalized spacial score (nSPS) is 19.3. The molecule has 0 amide bonds. The van der Waals surface area contributed by atoms with Gasteiger partial charge in [-0.25, -0.2) is 13.4 Å². The summed E-state index contributed by atoms with van der Waals surface area (Å²) in [6, 6.07) is 3.50. The molecule has 9 heteroatoms. The van der Waals surface area contributed by atoms with Crippen molar-refractivity contribution >= 4 is 54.3 Å². The number of sulfonamides is 1. The highest BCUT2D eigenvalue weighted by Gasteiger charge is 2.39. The first-order valence-corrected chi connectivity index (χ1v) is 9.42. The van der Waals surface area contributed by atoms with Crippen LogP contribution in [0.4, 0.5) is 0 Å². The van der Waals surface area contributed by atoms with Gasteiger partial charge in [-0.1, -0.05) is 17.7 Å². The number of fused-ring (bicyclic) bond motifs is 1. The summed E-state index contributed by atoms with van der Waals surface area (Å²) in [7, 11) is -3.90. The Kier molecular flexibility index (Phi) is 4.35. The van der Waals surface area contributed by atoms with Crippen LogP contribution in [0.5, 0.6) is 0 Å². The number of aromatic nitrogens is 1. The third-order valence-electron chi connectivity index (χ3n) is 3.86. The zero-order valence-corrected chi connectivity index (χ0v) is 14.9. The Balaban J connectivity index is 2.12. The monoisotopic (exact) mass is 418 g/mol. The first-order chi connectivity index (χ1) is 10.8. The van der Waals surface area contributed by atoms with Crippen molar-refractivity contribution < 1.29 is 18.3 Å². The number of pyridine rings is 1. The van der Waals surface area contributed by atoms with E-state index in [0.717, 1.165) is 9.69 Å². The topological polar surface area (TPSA) is 87.6 Å². The predicted octanol–water partition coefficient (Wildman–Crippen LogP) is 2.89. The van der Waals surface area contributed by atoms with Crippen LogP contribution < -0.4 is 0 Å². The van der Waals surface area contributed by atoms with Crippen molar-refractivity contribution in [3.8, 4) is 0 Å². The molecule has 0 unspecified atom stereocenters. The molecule has 122 valence electrons. The van der Waals surface area contributed by atoms with E-state index in [9.17, 15) is 18.3 Å². The molecular formula is C14H12BrClN2O4S. The Bertz CT molecular complexity index is 903. The van der Waals surface area contributed by atoms with Gasteiger partial charge in [0.2, 0.25) is 10.0 Å². The maximum atomic E-state index is 12.8. The zero-order valence-electron chi connectivity index (χ0n) is 11.7. The molecule has 23 heavy (non-hydrogen) atoms. The first kappa shape index (κ1) is 16.6. The molecule has 1 aliphatic heterocycles. The van der Waals surface area contributed by atoms with Crippen LogP contribution in [-0.2, 0) is 14.8 Å². The second kappa shape index (κ2) is 6.01. The van der Waals surface area contributed by atoms with E-state index < -0.39 is 22.0 Å². The highest BCUT2D eigenvalue weighted by atomic mass is 79.9. The minimum absolute atomic E-state index is 0.0138. The summed E-state index contributed by atoms with van der Waals surface area (Å²) in [6.45, 7) is 0.196. The van der Waals surface area contributed by atoms with Crippen molar-refractivity contribution in [3.63, 3.8) is 0 Å². The predicted molar refractivity (Wildman–Crippen MR) is 89.0 cm³/mol. The van der Waals surface area contributed by atoms with E-state index in [2.05, 4.69) is 20.9 Å². The minimum atomic E-state index is -3.90. The fraction of sp³-hybridized carbons (Fsp3) is 0.286. The fourth-order valence-corrected chi connectivity index (χ4v) is 5.06. The van der Waals surface area contributed by atoms with Crippen molar-refractivity contribution in [2.75, 3.05) is 6.54 Å². The lowest BCUT2D eigenvalue weighted by atomic mass is 10.2. The van der Waals surface area contributed by atoms with E-state index >= 15 is 0 Å². The Morgan fingerprint density at radius 1 is 1.39 bits per heavy atom. The van der Waals surface area contributed by atoms with Crippen LogP contribution in [0.25, 0.3) is 10.8 Å². The number of rotatable bonds is 3. The van der Waals surface area contributed by atoms with Crippen molar-refractivity contribution in [1.82, 2.24) is 9.29 Å². The minimum Gasteiger partial charge on any atom is -0.480 e. The first-order valence-electron chi connectivity index (χ1n) is 6.81. The van der Waals surface area contributed by atoms with Crippen LogP contribution >= 0.6 is 27.5 Å². The van der Waals surface area contributed by atoms with E-state index in [-0.39, 0.29) is 16.6 Å². The number of hydrogen-bond donors (Lipinski definition) is 1.